The van der Waals surface area contributed by atoms with Crippen molar-refractivity contribution < 1.29 is 23.8 Å². The molecule has 1 fully saturated rings. The molecule has 0 aliphatic heterocycles. The van der Waals surface area contributed by atoms with Gasteiger partial charge < -0.3 is 14.6 Å². The number of rotatable bonds is 6. The van der Waals surface area contributed by atoms with Gasteiger partial charge in [-0.15, -0.1) is 0 Å². The maximum atomic E-state index is 14.3. The third kappa shape index (κ3) is 2.82. The third-order valence-corrected chi connectivity index (χ3v) is 4.22. The number of methoxy groups -OCH3 is 2. The highest BCUT2D eigenvalue weighted by molar-refractivity contribution is 5.69. The van der Waals surface area contributed by atoms with Gasteiger partial charge in [0.1, 0.15) is 5.75 Å². The summed E-state index contributed by atoms with van der Waals surface area (Å²) in [7, 11) is 2.91. The first-order valence-corrected chi connectivity index (χ1v) is 7.04. The summed E-state index contributed by atoms with van der Waals surface area (Å²) in [5.74, 6) is -0.507. The SMILES string of the molecule is COc1c(C)c(C(CC(=O)O)C2CC2)c(OC)c(C)c1F. The fraction of sp³-hybridized carbons (Fsp3) is 0.562. The van der Waals surface area contributed by atoms with Gasteiger partial charge in [-0.2, -0.15) is 0 Å². The average molecular weight is 296 g/mol. The number of hydrogen-bond donors (Lipinski definition) is 1. The zero-order valence-electron chi connectivity index (χ0n) is 12.8. The summed E-state index contributed by atoms with van der Waals surface area (Å²) in [5, 5.41) is 9.18. The number of carboxylic acids is 1. The lowest BCUT2D eigenvalue weighted by atomic mass is 9.85. The molecule has 1 aliphatic rings. The van der Waals surface area contributed by atoms with Crippen LogP contribution in [0, 0.1) is 25.6 Å². The molecule has 1 aromatic rings. The predicted octanol–water partition coefficient (Wildman–Crippen LogP) is 3.43. The fourth-order valence-corrected chi connectivity index (χ4v) is 3.07. The molecule has 0 amide bonds. The number of carboxylic acid groups (broad SMARTS) is 1. The molecule has 0 radical (unpaired) electrons. The molecular weight excluding hydrogens is 275 g/mol. The lowest BCUT2D eigenvalue weighted by molar-refractivity contribution is -0.137. The van der Waals surface area contributed by atoms with E-state index in [4.69, 9.17) is 9.47 Å². The molecule has 0 bridgehead atoms. The van der Waals surface area contributed by atoms with Gasteiger partial charge in [0.05, 0.1) is 20.6 Å². The first-order valence-electron chi connectivity index (χ1n) is 7.04. The summed E-state index contributed by atoms with van der Waals surface area (Å²) in [6, 6.07) is 0. The molecule has 5 heteroatoms. The molecule has 1 atom stereocenters. The summed E-state index contributed by atoms with van der Waals surface area (Å²) in [5.41, 5.74) is 1.78. The maximum absolute atomic E-state index is 14.3. The van der Waals surface area contributed by atoms with Crippen LogP contribution < -0.4 is 9.47 Å². The van der Waals surface area contributed by atoms with E-state index < -0.39 is 11.8 Å². The summed E-state index contributed by atoms with van der Waals surface area (Å²) in [4.78, 5) is 11.2. The van der Waals surface area contributed by atoms with Crippen molar-refractivity contribution in [1.82, 2.24) is 0 Å². The van der Waals surface area contributed by atoms with E-state index in [0.717, 1.165) is 18.4 Å². The molecule has 0 heterocycles. The van der Waals surface area contributed by atoms with Crippen LogP contribution in [0.25, 0.3) is 0 Å². The van der Waals surface area contributed by atoms with Gasteiger partial charge in [-0.05, 0) is 32.6 Å². The Labute approximate surface area is 123 Å². The first-order chi connectivity index (χ1) is 9.92. The van der Waals surface area contributed by atoms with Crippen LogP contribution in [0.3, 0.4) is 0 Å². The number of aliphatic carboxylic acids is 1. The smallest absolute Gasteiger partial charge is 0.303 e. The normalized spacial score (nSPS) is 15.7. The Kier molecular flexibility index (Phi) is 4.40. The molecule has 116 valence electrons. The van der Waals surface area contributed by atoms with Crippen molar-refractivity contribution in [3.05, 3.63) is 22.5 Å². The van der Waals surface area contributed by atoms with Crippen LogP contribution in [0.1, 0.15) is 41.9 Å². The Bertz CT molecular complexity index is 564. The van der Waals surface area contributed by atoms with Crippen molar-refractivity contribution >= 4 is 5.97 Å². The summed E-state index contributed by atoms with van der Waals surface area (Å²) in [6.45, 7) is 3.39. The van der Waals surface area contributed by atoms with Crippen molar-refractivity contribution in [3.63, 3.8) is 0 Å². The van der Waals surface area contributed by atoms with E-state index in [2.05, 4.69) is 0 Å². The van der Waals surface area contributed by atoms with Gasteiger partial charge >= 0.3 is 5.97 Å². The minimum Gasteiger partial charge on any atom is -0.496 e. The summed E-state index contributed by atoms with van der Waals surface area (Å²) in [6.07, 6.45) is 2.02. The number of benzene rings is 1. The Balaban J connectivity index is 2.64. The predicted molar refractivity (Wildman–Crippen MR) is 76.7 cm³/mol. The fourth-order valence-electron chi connectivity index (χ4n) is 3.07. The lowest BCUT2D eigenvalue weighted by Crippen LogP contribution is -2.13. The van der Waals surface area contributed by atoms with E-state index in [0.29, 0.717) is 22.8 Å². The molecule has 0 spiro atoms. The number of hydrogen-bond acceptors (Lipinski definition) is 3. The monoisotopic (exact) mass is 296 g/mol. The van der Waals surface area contributed by atoms with Crippen LogP contribution in [-0.4, -0.2) is 25.3 Å². The average Bonchev–Trinajstić information content (AvgIpc) is 3.25. The van der Waals surface area contributed by atoms with Crippen LogP contribution in [0.2, 0.25) is 0 Å². The standard InChI is InChI=1S/C16H21FO4/c1-8-13(11(7-12(18)19)10-5-6-10)15(20-3)9(2)14(17)16(8)21-4/h10-11H,5-7H2,1-4H3,(H,18,19). The third-order valence-electron chi connectivity index (χ3n) is 4.22. The lowest BCUT2D eigenvalue weighted by Gasteiger charge is -2.24. The van der Waals surface area contributed by atoms with E-state index in [1.54, 1.807) is 13.8 Å². The van der Waals surface area contributed by atoms with Crippen molar-refractivity contribution in [2.24, 2.45) is 5.92 Å². The molecule has 1 aromatic carbocycles. The second kappa shape index (κ2) is 5.92. The second-order valence-electron chi connectivity index (χ2n) is 5.59. The van der Waals surface area contributed by atoms with Crippen molar-refractivity contribution in [2.75, 3.05) is 14.2 Å². The van der Waals surface area contributed by atoms with Gasteiger partial charge in [-0.3, -0.25) is 4.79 Å². The number of halogens is 1. The van der Waals surface area contributed by atoms with E-state index in [1.807, 2.05) is 0 Å². The van der Waals surface area contributed by atoms with Gasteiger partial charge in [0.2, 0.25) is 0 Å². The van der Waals surface area contributed by atoms with E-state index in [9.17, 15) is 14.3 Å². The molecule has 0 saturated heterocycles. The summed E-state index contributed by atoms with van der Waals surface area (Å²) < 4.78 is 24.9. The van der Waals surface area contributed by atoms with Crippen molar-refractivity contribution in [1.29, 1.82) is 0 Å². The van der Waals surface area contributed by atoms with Gasteiger partial charge in [0, 0.05) is 22.6 Å². The van der Waals surface area contributed by atoms with E-state index >= 15 is 0 Å². The van der Waals surface area contributed by atoms with E-state index in [1.165, 1.54) is 14.2 Å². The zero-order valence-corrected chi connectivity index (χ0v) is 12.8. The molecule has 4 nitrogen and oxygen atoms in total. The molecule has 1 aliphatic carbocycles. The Morgan fingerprint density at radius 1 is 1.24 bits per heavy atom. The number of carbonyl (C=O) groups is 1. The van der Waals surface area contributed by atoms with Crippen LogP contribution >= 0.6 is 0 Å². The van der Waals surface area contributed by atoms with Crippen LogP contribution in [0.4, 0.5) is 4.39 Å². The highest BCUT2D eigenvalue weighted by Gasteiger charge is 2.38. The molecular formula is C16H21FO4. The van der Waals surface area contributed by atoms with Crippen molar-refractivity contribution in [3.8, 4) is 11.5 Å². The Hall–Kier alpha value is -1.78. The van der Waals surface area contributed by atoms with Crippen molar-refractivity contribution in [2.45, 2.75) is 39.0 Å². The Morgan fingerprint density at radius 3 is 2.24 bits per heavy atom. The van der Waals surface area contributed by atoms with Crippen LogP contribution in [0.5, 0.6) is 11.5 Å². The topological polar surface area (TPSA) is 55.8 Å². The molecule has 2 rings (SSSR count). The maximum Gasteiger partial charge on any atom is 0.303 e. The summed E-state index contributed by atoms with van der Waals surface area (Å²) >= 11 is 0. The highest BCUT2D eigenvalue weighted by Crippen LogP contribution is 2.51. The van der Waals surface area contributed by atoms with Gasteiger partial charge in [-0.1, -0.05) is 0 Å². The Morgan fingerprint density at radius 2 is 1.81 bits per heavy atom. The highest BCUT2D eigenvalue weighted by atomic mass is 19.1. The second-order valence-corrected chi connectivity index (χ2v) is 5.59. The molecule has 1 N–H and O–H groups in total. The largest absolute Gasteiger partial charge is 0.496 e. The minimum absolute atomic E-state index is 0.0239. The molecule has 1 saturated carbocycles. The zero-order chi connectivity index (χ0) is 15.7. The number of ether oxygens (including phenoxy) is 2. The molecule has 21 heavy (non-hydrogen) atoms. The minimum atomic E-state index is -0.853. The van der Waals surface area contributed by atoms with Crippen LogP contribution in [-0.2, 0) is 4.79 Å². The van der Waals surface area contributed by atoms with Crippen LogP contribution in [0.15, 0.2) is 0 Å². The van der Waals surface area contributed by atoms with Gasteiger partial charge in [-0.25, -0.2) is 4.39 Å². The van der Waals surface area contributed by atoms with Gasteiger partial charge in [0.25, 0.3) is 0 Å². The molecule has 1 unspecified atom stereocenters. The quantitative estimate of drug-likeness (QED) is 0.874. The van der Waals surface area contributed by atoms with E-state index in [-0.39, 0.29) is 18.1 Å². The molecule has 0 aromatic heterocycles. The van der Waals surface area contributed by atoms with Gasteiger partial charge in [0.15, 0.2) is 11.6 Å². The first kappa shape index (κ1) is 15.6.